The van der Waals surface area contributed by atoms with Crippen LogP contribution in [0.5, 0.6) is 6.01 Å². The highest BCUT2D eigenvalue weighted by Gasteiger charge is 2.07. The lowest BCUT2D eigenvalue weighted by molar-refractivity contribution is 0.380. The van der Waals surface area contributed by atoms with E-state index >= 15 is 0 Å². The van der Waals surface area contributed by atoms with Gasteiger partial charge >= 0.3 is 6.01 Å². The van der Waals surface area contributed by atoms with Crippen LogP contribution in [0.15, 0.2) is 12.4 Å². The van der Waals surface area contributed by atoms with E-state index in [1.807, 2.05) is 20.2 Å². The number of nitrogens with zero attached hydrogens (tertiary/aromatic N) is 4. The molecule has 0 spiro atoms. The van der Waals surface area contributed by atoms with Crippen LogP contribution in [0.3, 0.4) is 0 Å². The number of ether oxygens (including phenoxy) is 1. The van der Waals surface area contributed by atoms with Gasteiger partial charge in [-0.3, -0.25) is 4.68 Å². The van der Waals surface area contributed by atoms with Crippen molar-refractivity contribution in [2.45, 2.75) is 13.5 Å². The Bertz CT molecular complexity index is 554. The third-order valence-corrected chi connectivity index (χ3v) is 2.74. The van der Waals surface area contributed by atoms with Crippen molar-refractivity contribution in [1.82, 2.24) is 19.7 Å². The second kappa shape index (κ2) is 5.22. The maximum Gasteiger partial charge on any atom is 0.318 e. The molecule has 2 heterocycles. The van der Waals surface area contributed by atoms with Crippen molar-refractivity contribution in [1.29, 1.82) is 0 Å². The highest BCUT2D eigenvalue weighted by Crippen LogP contribution is 2.21. The first kappa shape index (κ1) is 12.6. The van der Waals surface area contributed by atoms with Gasteiger partial charge in [0.2, 0.25) is 0 Å². The molecule has 2 rings (SSSR count). The van der Waals surface area contributed by atoms with Gasteiger partial charge in [0.05, 0.1) is 19.0 Å². The molecule has 6 nitrogen and oxygen atoms in total. The molecule has 0 aliphatic rings. The van der Waals surface area contributed by atoms with Crippen LogP contribution < -0.4 is 10.1 Å². The van der Waals surface area contributed by atoms with Crippen LogP contribution in [-0.2, 0) is 13.6 Å². The standard InChI is InChI=1S/C11H14ClN5O/c1-7-8(6-17(2)16-7)4-13-10-9(12)5-14-11(15-10)18-3/h5-6H,4H2,1-3H3,(H,13,14,15). The Balaban J connectivity index is 2.12. The van der Waals surface area contributed by atoms with Crippen molar-refractivity contribution in [3.05, 3.63) is 28.7 Å². The molecule has 0 saturated carbocycles. The predicted molar refractivity (Wildman–Crippen MR) is 68.9 cm³/mol. The van der Waals surface area contributed by atoms with Crippen molar-refractivity contribution in [2.75, 3.05) is 12.4 Å². The fourth-order valence-corrected chi connectivity index (χ4v) is 1.73. The third kappa shape index (κ3) is 2.70. The molecule has 0 atom stereocenters. The number of hydrogen-bond acceptors (Lipinski definition) is 5. The molecular formula is C11H14ClN5O. The second-order valence-corrected chi connectivity index (χ2v) is 4.23. The van der Waals surface area contributed by atoms with Gasteiger partial charge in [-0.25, -0.2) is 4.98 Å². The molecule has 0 aliphatic carbocycles. The molecule has 7 heteroatoms. The minimum Gasteiger partial charge on any atom is -0.467 e. The summed E-state index contributed by atoms with van der Waals surface area (Å²) in [7, 11) is 3.40. The Labute approximate surface area is 110 Å². The number of halogens is 1. The summed E-state index contributed by atoms with van der Waals surface area (Å²) in [6.45, 7) is 2.55. The Morgan fingerprint density at radius 3 is 2.89 bits per heavy atom. The molecular weight excluding hydrogens is 254 g/mol. The SMILES string of the molecule is COc1ncc(Cl)c(NCc2cn(C)nc2C)n1. The number of aromatic nitrogens is 4. The van der Waals surface area contributed by atoms with Crippen molar-refractivity contribution in [3.8, 4) is 6.01 Å². The van der Waals surface area contributed by atoms with Crippen LogP contribution in [0, 0.1) is 6.92 Å². The minimum absolute atomic E-state index is 0.282. The van der Waals surface area contributed by atoms with Gasteiger partial charge in [0, 0.05) is 25.4 Å². The first-order valence-corrected chi connectivity index (χ1v) is 5.77. The lowest BCUT2D eigenvalue weighted by Crippen LogP contribution is -2.04. The zero-order valence-electron chi connectivity index (χ0n) is 10.4. The molecule has 2 aromatic heterocycles. The van der Waals surface area contributed by atoms with E-state index in [2.05, 4.69) is 20.4 Å². The quantitative estimate of drug-likeness (QED) is 0.915. The molecule has 0 amide bonds. The van der Waals surface area contributed by atoms with Gasteiger partial charge < -0.3 is 10.1 Å². The molecule has 0 fully saturated rings. The van der Waals surface area contributed by atoms with Gasteiger partial charge in [0.25, 0.3) is 0 Å². The van der Waals surface area contributed by atoms with Gasteiger partial charge in [0.15, 0.2) is 5.82 Å². The second-order valence-electron chi connectivity index (χ2n) is 3.82. The van der Waals surface area contributed by atoms with Crippen molar-refractivity contribution >= 4 is 17.4 Å². The molecule has 1 N–H and O–H groups in total. The van der Waals surface area contributed by atoms with Crippen LogP contribution in [0.4, 0.5) is 5.82 Å². The topological polar surface area (TPSA) is 64.9 Å². The molecule has 0 aromatic carbocycles. The zero-order chi connectivity index (χ0) is 13.1. The first-order valence-electron chi connectivity index (χ1n) is 5.39. The van der Waals surface area contributed by atoms with Gasteiger partial charge in [-0.15, -0.1) is 0 Å². The number of methoxy groups -OCH3 is 1. The molecule has 0 saturated heterocycles. The van der Waals surface area contributed by atoms with Crippen molar-refractivity contribution in [2.24, 2.45) is 7.05 Å². The zero-order valence-corrected chi connectivity index (χ0v) is 11.2. The van der Waals surface area contributed by atoms with Crippen LogP contribution >= 0.6 is 11.6 Å². The van der Waals surface area contributed by atoms with E-state index in [9.17, 15) is 0 Å². The Morgan fingerprint density at radius 1 is 1.50 bits per heavy atom. The van der Waals surface area contributed by atoms with Gasteiger partial charge in [-0.1, -0.05) is 11.6 Å². The average molecular weight is 268 g/mol. The number of nitrogens with one attached hydrogen (secondary N) is 1. The number of rotatable bonds is 4. The molecule has 18 heavy (non-hydrogen) atoms. The maximum absolute atomic E-state index is 6.00. The van der Waals surface area contributed by atoms with E-state index in [1.54, 1.807) is 4.68 Å². The summed E-state index contributed by atoms with van der Waals surface area (Å²) < 4.78 is 6.72. The number of aryl methyl sites for hydroxylation is 2. The third-order valence-electron chi connectivity index (χ3n) is 2.47. The minimum atomic E-state index is 0.282. The fraction of sp³-hybridized carbons (Fsp3) is 0.364. The van der Waals surface area contributed by atoms with Gasteiger partial charge in [0.1, 0.15) is 5.02 Å². The van der Waals surface area contributed by atoms with E-state index in [-0.39, 0.29) is 6.01 Å². The normalized spacial score (nSPS) is 10.4. The molecule has 0 unspecified atom stereocenters. The van der Waals surface area contributed by atoms with Crippen LogP contribution in [-0.4, -0.2) is 26.9 Å². The number of hydrogen-bond donors (Lipinski definition) is 1. The van der Waals surface area contributed by atoms with Crippen LogP contribution in [0.2, 0.25) is 5.02 Å². The van der Waals surface area contributed by atoms with Gasteiger partial charge in [-0.05, 0) is 6.92 Å². The molecule has 96 valence electrons. The summed E-state index contributed by atoms with van der Waals surface area (Å²) in [6.07, 6.45) is 3.46. The predicted octanol–water partition coefficient (Wildman–Crippen LogP) is 1.79. The number of anilines is 1. The molecule has 0 bridgehead atoms. The average Bonchev–Trinajstić information content (AvgIpc) is 2.67. The van der Waals surface area contributed by atoms with E-state index in [4.69, 9.17) is 16.3 Å². The summed E-state index contributed by atoms with van der Waals surface area (Å²) in [4.78, 5) is 8.05. The maximum atomic E-state index is 6.00. The van der Waals surface area contributed by atoms with Crippen molar-refractivity contribution < 1.29 is 4.74 Å². The summed E-state index contributed by atoms with van der Waals surface area (Å²) in [5, 5.41) is 7.86. The summed E-state index contributed by atoms with van der Waals surface area (Å²) in [6, 6.07) is 0.282. The van der Waals surface area contributed by atoms with Crippen LogP contribution in [0.1, 0.15) is 11.3 Å². The Kier molecular flexibility index (Phi) is 3.66. The lowest BCUT2D eigenvalue weighted by Gasteiger charge is -2.07. The largest absolute Gasteiger partial charge is 0.467 e. The molecule has 2 aromatic rings. The van der Waals surface area contributed by atoms with E-state index in [1.165, 1.54) is 13.3 Å². The van der Waals surface area contributed by atoms with Crippen LogP contribution in [0.25, 0.3) is 0 Å². The summed E-state index contributed by atoms with van der Waals surface area (Å²) >= 11 is 6.00. The van der Waals surface area contributed by atoms with Gasteiger partial charge in [-0.2, -0.15) is 10.1 Å². The lowest BCUT2D eigenvalue weighted by atomic mass is 10.2. The Morgan fingerprint density at radius 2 is 2.28 bits per heavy atom. The summed E-state index contributed by atoms with van der Waals surface area (Å²) in [5.74, 6) is 0.548. The van der Waals surface area contributed by atoms with E-state index in [0.717, 1.165) is 11.3 Å². The van der Waals surface area contributed by atoms with Crippen molar-refractivity contribution in [3.63, 3.8) is 0 Å². The molecule has 0 radical (unpaired) electrons. The van der Waals surface area contributed by atoms with E-state index in [0.29, 0.717) is 17.4 Å². The summed E-state index contributed by atoms with van der Waals surface area (Å²) in [5.41, 5.74) is 2.06. The fourth-order valence-electron chi connectivity index (χ4n) is 1.57. The smallest absolute Gasteiger partial charge is 0.318 e. The van der Waals surface area contributed by atoms with E-state index < -0.39 is 0 Å². The Hall–Kier alpha value is -1.82. The highest BCUT2D eigenvalue weighted by atomic mass is 35.5. The first-order chi connectivity index (χ1) is 8.60. The highest BCUT2D eigenvalue weighted by molar-refractivity contribution is 6.32. The molecule has 0 aliphatic heterocycles. The monoisotopic (exact) mass is 267 g/mol.